The van der Waals surface area contributed by atoms with Crippen LogP contribution in [0.25, 0.3) is 11.4 Å². The van der Waals surface area contributed by atoms with Crippen molar-refractivity contribution in [1.82, 2.24) is 15.5 Å². The van der Waals surface area contributed by atoms with Gasteiger partial charge in [-0.1, -0.05) is 5.16 Å². The average Bonchev–Trinajstić information content (AvgIpc) is 2.96. The van der Waals surface area contributed by atoms with Gasteiger partial charge in [0.1, 0.15) is 11.8 Å². The number of nitrogens with one attached hydrogen (secondary N) is 1. The van der Waals surface area contributed by atoms with Crippen molar-refractivity contribution in [3.8, 4) is 17.1 Å². The highest BCUT2D eigenvalue weighted by Gasteiger charge is 2.28. The summed E-state index contributed by atoms with van der Waals surface area (Å²) in [6.07, 6.45) is -4.38. The summed E-state index contributed by atoms with van der Waals surface area (Å²) in [5.41, 5.74) is 0.558. The van der Waals surface area contributed by atoms with Crippen molar-refractivity contribution in [3.63, 3.8) is 0 Å². The van der Waals surface area contributed by atoms with Gasteiger partial charge in [-0.25, -0.2) is 0 Å². The maximum absolute atomic E-state index is 12.0. The number of halogens is 3. The molecule has 0 aliphatic heterocycles. The highest BCUT2D eigenvalue weighted by molar-refractivity contribution is 5.55. The molecule has 0 aliphatic carbocycles. The minimum absolute atomic E-state index is 0.0910. The Balaban J connectivity index is 2.07. The molecular formula is C13H14F3N3O3. The number of nitrogens with zero attached hydrogens (tertiary/aromatic N) is 2. The van der Waals surface area contributed by atoms with E-state index in [0.29, 0.717) is 5.56 Å². The largest absolute Gasteiger partial charge is 0.484 e. The number of rotatable bonds is 6. The number of hydrogen-bond donors (Lipinski definition) is 2. The van der Waals surface area contributed by atoms with Crippen LogP contribution in [0, 0.1) is 0 Å². The van der Waals surface area contributed by atoms with Crippen LogP contribution in [-0.2, 0) is 0 Å². The Morgan fingerprint density at radius 2 is 2.00 bits per heavy atom. The summed E-state index contributed by atoms with van der Waals surface area (Å²) in [6, 6.07) is 5.34. The lowest BCUT2D eigenvalue weighted by Gasteiger charge is -2.08. The van der Waals surface area contributed by atoms with Gasteiger partial charge in [-0.2, -0.15) is 18.2 Å². The molecule has 2 N–H and O–H groups in total. The quantitative estimate of drug-likeness (QED) is 0.847. The monoisotopic (exact) mass is 317 g/mol. The van der Waals surface area contributed by atoms with E-state index in [2.05, 4.69) is 20.2 Å². The van der Waals surface area contributed by atoms with Gasteiger partial charge in [-0.3, -0.25) is 0 Å². The number of benzene rings is 1. The third kappa shape index (κ3) is 4.18. The van der Waals surface area contributed by atoms with Crippen molar-refractivity contribution in [1.29, 1.82) is 0 Å². The number of aromatic nitrogens is 2. The minimum Gasteiger partial charge on any atom is -0.484 e. The number of ether oxygens (including phenoxy) is 1. The van der Waals surface area contributed by atoms with E-state index in [9.17, 15) is 13.2 Å². The number of aliphatic hydroxyl groups excluding tert-OH is 1. The molecule has 0 saturated carbocycles. The molecule has 0 fully saturated rings. The Morgan fingerprint density at radius 3 is 2.55 bits per heavy atom. The van der Waals surface area contributed by atoms with Crippen LogP contribution in [0.5, 0.6) is 5.75 Å². The molecule has 0 radical (unpaired) electrons. The predicted octanol–water partition coefficient (Wildman–Crippen LogP) is 1.93. The van der Waals surface area contributed by atoms with E-state index >= 15 is 0 Å². The van der Waals surface area contributed by atoms with Crippen molar-refractivity contribution in [2.24, 2.45) is 0 Å². The highest BCUT2D eigenvalue weighted by Crippen LogP contribution is 2.23. The molecule has 120 valence electrons. The molecule has 0 aliphatic rings. The van der Waals surface area contributed by atoms with Crippen molar-refractivity contribution in [2.45, 2.75) is 12.2 Å². The molecule has 6 nitrogen and oxygen atoms in total. The second kappa shape index (κ2) is 6.75. The lowest BCUT2D eigenvalue weighted by molar-refractivity contribution is -0.153. The molecule has 2 rings (SSSR count). The first-order valence-corrected chi connectivity index (χ1v) is 6.34. The van der Waals surface area contributed by atoms with Crippen LogP contribution in [0.4, 0.5) is 13.2 Å². The van der Waals surface area contributed by atoms with Crippen LogP contribution >= 0.6 is 0 Å². The number of alkyl halides is 3. The number of aliphatic hydroxyl groups is 1. The van der Waals surface area contributed by atoms with Crippen molar-refractivity contribution < 1.29 is 27.5 Å². The fraction of sp³-hybridized carbons (Fsp3) is 0.385. The third-order valence-electron chi connectivity index (χ3n) is 2.79. The molecule has 0 bridgehead atoms. The van der Waals surface area contributed by atoms with Gasteiger partial charge in [-0.05, 0) is 31.3 Å². The fourth-order valence-corrected chi connectivity index (χ4v) is 1.65. The van der Waals surface area contributed by atoms with Gasteiger partial charge in [-0.15, -0.1) is 0 Å². The standard InChI is InChI=1S/C13H14F3N3O3/c1-17-10(6-20)12-18-11(19-22-12)8-2-4-9(5-3-8)21-7-13(14,15)16/h2-5,10,17,20H,6-7H2,1H3/t10-/m0/s1. The van der Waals surface area contributed by atoms with Gasteiger partial charge in [0.2, 0.25) is 11.7 Å². The van der Waals surface area contributed by atoms with E-state index < -0.39 is 18.8 Å². The molecule has 22 heavy (non-hydrogen) atoms. The smallest absolute Gasteiger partial charge is 0.422 e. The Labute approximate surface area is 123 Å². The molecule has 1 atom stereocenters. The first kappa shape index (κ1) is 16.2. The summed E-state index contributed by atoms with van der Waals surface area (Å²) in [7, 11) is 1.64. The zero-order valence-electron chi connectivity index (χ0n) is 11.6. The molecule has 9 heteroatoms. The lowest BCUT2D eigenvalue weighted by Crippen LogP contribution is -2.20. The molecule has 0 saturated heterocycles. The van der Waals surface area contributed by atoms with Crippen LogP contribution in [0.2, 0.25) is 0 Å². The van der Waals surface area contributed by atoms with Gasteiger partial charge < -0.3 is 19.7 Å². The van der Waals surface area contributed by atoms with Crippen LogP contribution < -0.4 is 10.1 Å². The molecule has 1 heterocycles. The Kier molecular flexibility index (Phi) is 4.99. The zero-order chi connectivity index (χ0) is 16.2. The molecule has 0 spiro atoms. The summed E-state index contributed by atoms with van der Waals surface area (Å²) in [5.74, 6) is 0.580. The predicted molar refractivity (Wildman–Crippen MR) is 70.2 cm³/mol. The topological polar surface area (TPSA) is 80.4 Å². The van der Waals surface area contributed by atoms with Crippen molar-refractivity contribution in [3.05, 3.63) is 30.2 Å². The third-order valence-corrected chi connectivity index (χ3v) is 2.79. The van der Waals surface area contributed by atoms with Crippen molar-refractivity contribution in [2.75, 3.05) is 20.3 Å². The Morgan fingerprint density at radius 1 is 1.32 bits per heavy atom. The summed E-state index contributed by atoms with van der Waals surface area (Å²) < 4.78 is 45.8. The van der Waals surface area contributed by atoms with E-state index in [1.807, 2.05) is 0 Å². The van der Waals surface area contributed by atoms with Gasteiger partial charge in [0.15, 0.2) is 6.61 Å². The molecule has 2 aromatic rings. The molecule has 0 unspecified atom stereocenters. The minimum atomic E-state index is -4.38. The number of likely N-dealkylation sites (N-methyl/N-ethyl adjacent to an activating group) is 1. The second-order valence-electron chi connectivity index (χ2n) is 4.41. The van der Waals surface area contributed by atoms with E-state index in [1.165, 1.54) is 24.3 Å². The summed E-state index contributed by atoms with van der Waals surface area (Å²) >= 11 is 0. The maximum Gasteiger partial charge on any atom is 0.422 e. The van der Waals surface area contributed by atoms with E-state index in [0.717, 1.165) is 0 Å². The first-order valence-electron chi connectivity index (χ1n) is 6.34. The molecule has 0 amide bonds. The summed E-state index contributed by atoms with van der Waals surface area (Å²) in [4.78, 5) is 4.12. The highest BCUT2D eigenvalue weighted by atomic mass is 19.4. The molecular weight excluding hydrogens is 303 g/mol. The van der Waals surface area contributed by atoms with E-state index in [1.54, 1.807) is 7.05 Å². The normalized spacial score (nSPS) is 13.1. The zero-order valence-corrected chi connectivity index (χ0v) is 11.6. The van der Waals surface area contributed by atoms with Gasteiger partial charge >= 0.3 is 6.18 Å². The van der Waals surface area contributed by atoms with Crippen LogP contribution in [0.1, 0.15) is 11.9 Å². The number of hydrogen-bond acceptors (Lipinski definition) is 6. The Bertz CT molecular complexity index is 595. The van der Waals surface area contributed by atoms with Crippen LogP contribution in [0.3, 0.4) is 0 Å². The fourth-order valence-electron chi connectivity index (χ4n) is 1.65. The average molecular weight is 317 g/mol. The summed E-state index contributed by atoms with van der Waals surface area (Å²) in [5, 5.41) is 15.7. The summed E-state index contributed by atoms with van der Waals surface area (Å²) in [6.45, 7) is -1.55. The van der Waals surface area contributed by atoms with Crippen LogP contribution in [0.15, 0.2) is 28.8 Å². The molecule has 1 aromatic heterocycles. The Hall–Kier alpha value is -2.13. The van der Waals surface area contributed by atoms with Gasteiger partial charge in [0.25, 0.3) is 0 Å². The van der Waals surface area contributed by atoms with E-state index in [4.69, 9.17) is 9.63 Å². The van der Waals surface area contributed by atoms with Crippen molar-refractivity contribution >= 4 is 0 Å². The van der Waals surface area contributed by atoms with Gasteiger partial charge in [0.05, 0.1) is 6.61 Å². The maximum atomic E-state index is 12.0. The SMILES string of the molecule is CN[C@@H](CO)c1nc(-c2ccc(OCC(F)(F)F)cc2)no1. The van der Waals surface area contributed by atoms with E-state index in [-0.39, 0.29) is 24.1 Å². The molecule has 1 aromatic carbocycles. The second-order valence-corrected chi connectivity index (χ2v) is 4.41. The lowest BCUT2D eigenvalue weighted by atomic mass is 10.2. The first-order chi connectivity index (χ1) is 10.4. The van der Waals surface area contributed by atoms with Crippen LogP contribution in [-0.4, -0.2) is 41.7 Å². The van der Waals surface area contributed by atoms with Gasteiger partial charge in [0, 0.05) is 5.56 Å².